The number of carbonyl (C=O) groups excluding carboxylic acids is 2. The Labute approximate surface area is 129 Å². The van der Waals surface area contributed by atoms with E-state index in [2.05, 4.69) is 12.1 Å². The van der Waals surface area contributed by atoms with Gasteiger partial charge >= 0.3 is 129 Å². The van der Waals surface area contributed by atoms with Crippen molar-refractivity contribution in [3.8, 4) is 0 Å². The third-order valence-corrected chi connectivity index (χ3v) is 5.41. The average Bonchev–Trinajstić information content (AvgIpc) is 2.87. The maximum atomic E-state index is 12.0. The first-order chi connectivity index (χ1) is 10.2. The second-order valence-corrected chi connectivity index (χ2v) is 6.96. The molecule has 0 aliphatic rings. The van der Waals surface area contributed by atoms with Crippen LogP contribution in [0.5, 0.6) is 0 Å². The van der Waals surface area contributed by atoms with Gasteiger partial charge < -0.3 is 0 Å². The first-order valence-electron chi connectivity index (χ1n) is 6.96. The molecule has 1 heterocycles. The van der Waals surface area contributed by atoms with Crippen LogP contribution < -0.4 is 0 Å². The molecule has 0 aliphatic heterocycles. The number of esters is 2. The van der Waals surface area contributed by atoms with Crippen LogP contribution in [0.4, 0.5) is 0 Å². The summed E-state index contributed by atoms with van der Waals surface area (Å²) in [5.41, 5.74) is 0. The minimum absolute atomic E-state index is 0.161. The van der Waals surface area contributed by atoms with Crippen molar-refractivity contribution in [3.05, 3.63) is 34.8 Å². The van der Waals surface area contributed by atoms with Crippen molar-refractivity contribution in [1.29, 1.82) is 0 Å². The molecule has 1 aromatic carbocycles. The molecule has 0 radical (unpaired) electrons. The molecule has 0 spiro atoms. The third kappa shape index (κ3) is 3.96. The molecule has 0 N–H and O–H groups in total. The summed E-state index contributed by atoms with van der Waals surface area (Å²) in [5, 5.41) is 1.18. The van der Waals surface area contributed by atoms with Crippen LogP contribution >= 0.6 is 0 Å². The van der Waals surface area contributed by atoms with Crippen molar-refractivity contribution in [2.45, 2.75) is 20.3 Å². The van der Waals surface area contributed by atoms with Gasteiger partial charge in [0.05, 0.1) is 0 Å². The summed E-state index contributed by atoms with van der Waals surface area (Å²) in [6.07, 6.45) is 0.381. The van der Waals surface area contributed by atoms with Crippen LogP contribution in [0.3, 0.4) is 0 Å². The molecule has 0 saturated carbocycles. The van der Waals surface area contributed by atoms with Crippen molar-refractivity contribution >= 4 is 36.1 Å². The fourth-order valence-corrected chi connectivity index (χ4v) is 4.42. The monoisotopic (exact) mass is 354 g/mol. The summed E-state index contributed by atoms with van der Waals surface area (Å²) in [5.74, 6) is -1.85. The zero-order valence-electron chi connectivity index (χ0n) is 12.1. The molecule has 0 atom stereocenters. The van der Waals surface area contributed by atoms with E-state index in [1.165, 1.54) is 9.65 Å². The zero-order chi connectivity index (χ0) is 15.2. The second kappa shape index (κ2) is 7.43. The molecule has 0 bridgehead atoms. The van der Waals surface area contributed by atoms with Crippen LogP contribution in [0.2, 0.25) is 0 Å². The Morgan fingerprint density at radius 2 is 1.71 bits per heavy atom. The first-order valence-corrected chi connectivity index (χ1v) is 8.67. The van der Waals surface area contributed by atoms with Gasteiger partial charge in [0.2, 0.25) is 0 Å². The van der Waals surface area contributed by atoms with Crippen LogP contribution in [-0.2, 0) is 25.5 Å². The van der Waals surface area contributed by atoms with E-state index in [1.807, 2.05) is 18.2 Å². The topological polar surface area (TPSA) is 52.6 Å². The van der Waals surface area contributed by atoms with Gasteiger partial charge in [0, 0.05) is 0 Å². The van der Waals surface area contributed by atoms with Crippen molar-refractivity contribution < 1.29 is 19.1 Å². The Balaban J connectivity index is 2.20. The number of rotatable bonds is 6. The summed E-state index contributed by atoms with van der Waals surface area (Å²) in [6, 6.07) is 10.2. The van der Waals surface area contributed by atoms with E-state index in [0.717, 1.165) is 4.44 Å². The van der Waals surface area contributed by atoms with E-state index in [1.54, 1.807) is 13.8 Å². The molecule has 0 fully saturated rings. The minimum atomic E-state index is -0.854. The molecule has 112 valence electrons. The molecule has 0 aliphatic carbocycles. The van der Waals surface area contributed by atoms with Crippen LogP contribution in [0, 0.1) is 5.92 Å². The molecule has 21 heavy (non-hydrogen) atoms. The van der Waals surface area contributed by atoms with Crippen molar-refractivity contribution in [1.82, 2.24) is 0 Å². The molecule has 0 amide bonds. The Morgan fingerprint density at radius 1 is 1.10 bits per heavy atom. The number of hydrogen-bond donors (Lipinski definition) is 0. The van der Waals surface area contributed by atoms with Gasteiger partial charge in [-0.05, 0) is 0 Å². The SMILES string of the molecule is CCOC(=O)C(Cc1cc2ccccc2[se]1)C(=O)OCC. The van der Waals surface area contributed by atoms with Crippen LogP contribution in [0.25, 0.3) is 9.65 Å². The maximum absolute atomic E-state index is 12.0. The Kier molecular flexibility index (Phi) is 5.59. The van der Waals surface area contributed by atoms with E-state index in [4.69, 9.17) is 9.47 Å². The van der Waals surface area contributed by atoms with Gasteiger partial charge in [-0.3, -0.25) is 0 Å². The Hall–Kier alpha value is -1.58. The van der Waals surface area contributed by atoms with Crippen molar-refractivity contribution in [2.24, 2.45) is 5.92 Å². The van der Waals surface area contributed by atoms with E-state index in [0.29, 0.717) is 6.42 Å². The van der Waals surface area contributed by atoms with Gasteiger partial charge in [0.1, 0.15) is 0 Å². The van der Waals surface area contributed by atoms with Crippen LogP contribution in [0.1, 0.15) is 18.3 Å². The second-order valence-electron chi connectivity index (χ2n) is 4.51. The van der Waals surface area contributed by atoms with Gasteiger partial charge in [0.15, 0.2) is 0 Å². The molecule has 0 unspecified atom stereocenters. The quantitative estimate of drug-likeness (QED) is 0.454. The summed E-state index contributed by atoms with van der Waals surface area (Å²) >= 11 is 0.161. The molecule has 2 rings (SSSR count). The Morgan fingerprint density at radius 3 is 2.29 bits per heavy atom. The van der Waals surface area contributed by atoms with Gasteiger partial charge in [0.25, 0.3) is 0 Å². The van der Waals surface area contributed by atoms with Gasteiger partial charge in [-0.25, -0.2) is 0 Å². The number of ether oxygens (including phenoxy) is 2. The number of benzene rings is 1. The molecular weight excluding hydrogens is 335 g/mol. The van der Waals surface area contributed by atoms with E-state index < -0.39 is 17.9 Å². The average molecular weight is 353 g/mol. The van der Waals surface area contributed by atoms with E-state index >= 15 is 0 Å². The fraction of sp³-hybridized carbons (Fsp3) is 0.375. The number of carbonyl (C=O) groups is 2. The normalized spacial score (nSPS) is 10.8. The fourth-order valence-electron chi connectivity index (χ4n) is 2.09. The molecule has 5 heteroatoms. The van der Waals surface area contributed by atoms with Crippen molar-refractivity contribution in [2.75, 3.05) is 13.2 Å². The van der Waals surface area contributed by atoms with Gasteiger partial charge in [-0.1, -0.05) is 0 Å². The third-order valence-electron chi connectivity index (χ3n) is 3.02. The van der Waals surface area contributed by atoms with E-state index in [-0.39, 0.29) is 27.7 Å². The molecule has 1 aromatic heterocycles. The predicted molar refractivity (Wildman–Crippen MR) is 81.3 cm³/mol. The first kappa shape index (κ1) is 15.8. The van der Waals surface area contributed by atoms with E-state index in [9.17, 15) is 9.59 Å². The summed E-state index contributed by atoms with van der Waals surface area (Å²) in [6.45, 7) is 3.99. The van der Waals surface area contributed by atoms with Gasteiger partial charge in [-0.15, -0.1) is 0 Å². The van der Waals surface area contributed by atoms with Crippen LogP contribution in [0.15, 0.2) is 30.3 Å². The summed E-state index contributed by atoms with van der Waals surface area (Å²) < 4.78 is 12.4. The van der Waals surface area contributed by atoms with Crippen LogP contribution in [-0.4, -0.2) is 39.7 Å². The van der Waals surface area contributed by atoms with Crippen molar-refractivity contribution in [3.63, 3.8) is 0 Å². The van der Waals surface area contributed by atoms with Gasteiger partial charge in [-0.2, -0.15) is 0 Å². The predicted octanol–water partition coefficient (Wildman–Crippen LogP) is 2.18. The molecule has 4 nitrogen and oxygen atoms in total. The molecule has 2 aromatic rings. The Bertz CT molecular complexity index is 581. The molecule has 0 saturated heterocycles. The zero-order valence-corrected chi connectivity index (χ0v) is 13.8. The molecular formula is C16H18O4Se. The number of fused-ring (bicyclic) bond motifs is 1. The summed E-state index contributed by atoms with van der Waals surface area (Å²) in [7, 11) is 0. The standard InChI is InChI=1S/C16H18O4Se/c1-3-19-15(17)13(16(18)20-4-2)10-12-9-11-7-5-6-8-14(11)21-12/h5-9,13H,3-4,10H2,1-2H3. The summed E-state index contributed by atoms with van der Waals surface area (Å²) in [4.78, 5) is 24.0. The number of hydrogen-bond acceptors (Lipinski definition) is 4.